The van der Waals surface area contributed by atoms with E-state index in [1.165, 1.54) is 11.1 Å². The first-order valence-corrected chi connectivity index (χ1v) is 13.6. The SMILES string of the molecule is O=C1CCCC(=NN(Cc2ccccc2)Cc2ccccc2)C1=NN(Cc1ccccc1)Cc1ccccc1. The van der Waals surface area contributed by atoms with Crippen molar-refractivity contribution in [3.8, 4) is 0 Å². The van der Waals surface area contributed by atoms with Crippen molar-refractivity contribution in [1.29, 1.82) is 0 Å². The molecule has 4 aromatic rings. The molecule has 0 aromatic heterocycles. The predicted octanol–water partition coefficient (Wildman–Crippen LogP) is 6.86. The summed E-state index contributed by atoms with van der Waals surface area (Å²) in [6.45, 7) is 2.52. The number of rotatable bonds is 10. The van der Waals surface area contributed by atoms with Crippen molar-refractivity contribution in [2.75, 3.05) is 0 Å². The highest BCUT2D eigenvalue weighted by atomic mass is 16.1. The zero-order valence-corrected chi connectivity index (χ0v) is 22.2. The van der Waals surface area contributed by atoms with Crippen LogP contribution in [-0.4, -0.2) is 27.2 Å². The van der Waals surface area contributed by atoms with Crippen molar-refractivity contribution >= 4 is 17.2 Å². The largest absolute Gasteiger partial charge is 0.292 e. The molecule has 1 fully saturated rings. The number of benzene rings is 4. The quantitative estimate of drug-likeness (QED) is 0.217. The Morgan fingerprint density at radius 3 is 1.23 bits per heavy atom. The summed E-state index contributed by atoms with van der Waals surface area (Å²) >= 11 is 0. The van der Waals surface area contributed by atoms with Crippen molar-refractivity contribution in [2.24, 2.45) is 10.2 Å². The van der Waals surface area contributed by atoms with E-state index in [0.717, 1.165) is 29.7 Å². The van der Waals surface area contributed by atoms with Crippen LogP contribution in [0, 0.1) is 0 Å². The minimum Gasteiger partial charge on any atom is -0.292 e. The summed E-state index contributed by atoms with van der Waals surface area (Å²) in [5.74, 6) is 0.0606. The molecular formula is C34H34N4O. The van der Waals surface area contributed by atoms with E-state index in [1.807, 2.05) is 77.8 Å². The molecule has 4 aromatic carbocycles. The van der Waals surface area contributed by atoms with Crippen LogP contribution in [0.15, 0.2) is 132 Å². The van der Waals surface area contributed by atoms with Crippen LogP contribution < -0.4 is 0 Å². The van der Waals surface area contributed by atoms with Gasteiger partial charge in [0.25, 0.3) is 0 Å². The van der Waals surface area contributed by atoms with Crippen LogP contribution in [0.1, 0.15) is 41.5 Å². The Morgan fingerprint density at radius 2 is 0.846 bits per heavy atom. The lowest BCUT2D eigenvalue weighted by atomic mass is 9.95. The van der Waals surface area contributed by atoms with Gasteiger partial charge in [-0.25, -0.2) is 0 Å². The molecule has 5 nitrogen and oxygen atoms in total. The molecule has 0 aliphatic heterocycles. The number of nitrogens with zero attached hydrogens (tertiary/aromatic N) is 4. The van der Waals surface area contributed by atoms with Gasteiger partial charge in [0.1, 0.15) is 5.71 Å². The topological polar surface area (TPSA) is 48.3 Å². The van der Waals surface area contributed by atoms with Crippen molar-refractivity contribution in [3.05, 3.63) is 144 Å². The van der Waals surface area contributed by atoms with Gasteiger partial charge in [0.05, 0.1) is 31.9 Å². The van der Waals surface area contributed by atoms with Gasteiger partial charge < -0.3 is 0 Å². The van der Waals surface area contributed by atoms with Crippen molar-refractivity contribution in [3.63, 3.8) is 0 Å². The number of hydrogen-bond acceptors (Lipinski definition) is 5. The number of carbonyl (C=O) groups is 1. The average molecular weight is 515 g/mol. The number of hydrazone groups is 2. The van der Waals surface area contributed by atoms with E-state index in [2.05, 4.69) is 53.5 Å². The fraction of sp³-hybridized carbons (Fsp3) is 0.206. The van der Waals surface area contributed by atoms with Crippen molar-refractivity contribution < 1.29 is 4.79 Å². The van der Waals surface area contributed by atoms with Gasteiger partial charge in [0, 0.05) is 6.42 Å². The Hall–Kier alpha value is -4.51. The lowest BCUT2D eigenvalue weighted by Gasteiger charge is -2.25. The zero-order valence-electron chi connectivity index (χ0n) is 22.2. The van der Waals surface area contributed by atoms with Gasteiger partial charge in [-0.2, -0.15) is 10.2 Å². The Bertz CT molecular complexity index is 1300. The third kappa shape index (κ3) is 7.74. The van der Waals surface area contributed by atoms with Crippen LogP contribution in [-0.2, 0) is 31.0 Å². The molecule has 0 N–H and O–H groups in total. The molecule has 0 heterocycles. The normalized spacial score (nSPS) is 15.4. The number of carbonyl (C=O) groups excluding carboxylic acids is 1. The Labute approximate surface area is 231 Å². The summed E-state index contributed by atoms with van der Waals surface area (Å²) in [6.07, 6.45) is 2.02. The summed E-state index contributed by atoms with van der Waals surface area (Å²) < 4.78 is 0. The maximum absolute atomic E-state index is 13.3. The van der Waals surface area contributed by atoms with E-state index in [9.17, 15) is 4.79 Å². The highest BCUT2D eigenvalue weighted by Crippen LogP contribution is 2.18. The molecule has 1 aliphatic rings. The van der Waals surface area contributed by atoms with Crippen LogP contribution >= 0.6 is 0 Å². The first-order chi connectivity index (χ1) is 19.2. The van der Waals surface area contributed by atoms with E-state index in [4.69, 9.17) is 10.2 Å². The van der Waals surface area contributed by atoms with Crippen LogP contribution in [0.2, 0.25) is 0 Å². The maximum atomic E-state index is 13.3. The molecule has 5 heteroatoms. The third-order valence-electron chi connectivity index (χ3n) is 6.69. The molecule has 0 saturated heterocycles. The Balaban J connectivity index is 1.48. The predicted molar refractivity (Wildman–Crippen MR) is 158 cm³/mol. The minimum absolute atomic E-state index is 0.0606. The summed E-state index contributed by atoms with van der Waals surface area (Å²) in [5, 5.41) is 14.2. The second kappa shape index (κ2) is 13.3. The van der Waals surface area contributed by atoms with Crippen molar-refractivity contribution in [2.45, 2.75) is 45.4 Å². The number of Topliss-reactive ketones (excluding diaryl/α,β-unsaturated/α-hetero) is 1. The van der Waals surface area contributed by atoms with Gasteiger partial charge in [-0.3, -0.25) is 14.8 Å². The minimum atomic E-state index is 0.0606. The Kier molecular flexibility index (Phi) is 8.93. The van der Waals surface area contributed by atoms with E-state index in [0.29, 0.717) is 38.3 Å². The van der Waals surface area contributed by atoms with Gasteiger partial charge in [0.2, 0.25) is 0 Å². The Morgan fingerprint density at radius 1 is 0.487 bits per heavy atom. The van der Waals surface area contributed by atoms with Crippen LogP contribution in [0.3, 0.4) is 0 Å². The fourth-order valence-electron chi connectivity index (χ4n) is 4.77. The van der Waals surface area contributed by atoms with E-state index < -0.39 is 0 Å². The second-order valence-corrected chi connectivity index (χ2v) is 9.86. The second-order valence-electron chi connectivity index (χ2n) is 9.86. The van der Waals surface area contributed by atoms with E-state index >= 15 is 0 Å². The number of ketones is 1. The van der Waals surface area contributed by atoms with Crippen LogP contribution in [0.4, 0.5) is 0 Å². The third-order valence-corrected chi connectivity index (χ3v) is 6.69. The summed E-state index contributed by atoms with van der Waals surface area (Å²) in [7, 11) is 0. The molecule has 1 aliphatic carbocycles. The molecule has 0 radical (unpaired) electrons. The van der Waals surface area contributed by atoms with Gasteiger partial charge in [0.15, 0.2) is 5.78 Å². The lowest BCUT2D eigenvalue weighted by molar-refractivity contribution is -0.113. The van der Waals surface area contributed by atoms with Gasteiger partial charge in [-0.15, -0.1) is 0 Å². The molecule has 0 spiro atoms. The summed E-state index contributed by atoms with van der Waals surface area (Å²) in [4.78, 5) is 13.3. The van der Waals surface area contributed by atoms with Crippen LogP contribution in [0.25, 0.3) is 0 Å². The average Bonchev–Trinajstić information content (AvgIpc) is 2.97. The molecule has 0 amide bonds. The molecule has 196 valence electrons. The highest BCUT2D eigenvalue weighted by molar-refractivity contribution is 6.68. The van der Waals surface area contributed by atoms with Gasteiger partial charge in [-0.1, -0.05) is 121 Å². The van der Waals surface area contributed by atoms with Gasteiger partial charge in [-0.05, 0) is 35.1 Å². The van der Waals surface area contributed by atoms with E-state index in [-0.39, 0.29) is 5.78 Å². The van der Waals surface area contributed by atoms with Crippen molar-refractivity contribution in [1.82, 2.24) is 10.0 Å². The summed E-state index contributed by atoms with van der Waals surface area (Å²) in [6, 6.07) is 41.2. The molecule has 5 rings (SSSR count). The molecule has 0 atom stereocenters. The molecule has 1 saturated carbocycles. The smallest absolute Gasteiger partial charge is 0.184 e. The van der Waals surface area contributed by atoms with E-state index in [1.54, 1.807) is 0 Å². The molecule has 0 bridgehead atoms. The first-order valence-electron chi connectivity index (χ1n) is 13.6. The maximum Gasteiger partial charge on any atom is 0.184 e. The first kappa shape index (κ1) is 26.1. The van der Waals surface area contributed by atoms with Gasteiger partial charge >= 0.3 is 0 Å². The monoisotopic (exact) mass is 514 g/mol. The number of hydrogen-bond donors (Lipinski definition) is 0. The summed E-state index contributed by atoms with van der Waals surface area (Å²) in [5.41, 5.74) is 5.90. The molecular weight excluding hydrogens is 480 g/mol. The lowest BCUT2D eigenvalue weighted by Crippen LogP contribution is -2.34. The standard InChI is InChI=1S/C34H34N4O/c39-33-23-13-22-32(35-37(24-28-14-5-1-6-15-28)25-29-16-7-2-8-17-29)34(33)36-38(26-30-18-9-3-10-19-30)27-31-20-11-4-12-21-31/h1-12,14-21H,13,22-27H2. The zero-order chi connectivity index (χ0) is 26.7. The molecule has 0 unspecified atom stereocenters. The molecule has 39 heavy (non-hydrogen) atoms. The fourth-order valence-corrected chi connectivity index (χ4v) is 4.77. The van der Waals surface area contributed by atoms with Crippen LogP contribution in [0.5, 0.6) is 0 Å². The highest BCUT2D eigenvalue weighted by Gasteiger charge is 2.26.